The highest BCUT2D eigenvalue weighted by atomic mass is 19.2. The van der Waals surface area contributed by atoms with Gasteiger partial charge in [-0.05, 0) is 37.6 Å². The van der Waals surface area contributed by atoms with E-state index in [-0.39, 0.29) is 0 Å². The summed E-state index contributed by atoms with van der Waals surface area (Å²) in [5, 5.41) is 6.81. The van der Waals surface area contributed by atoms with Crippen molar-refractivity contribution >= 4 is 0 Å². The first-order valence-electron chi connectivity index (χ1n) is 6.27. The lowest BCUT2D eigenvalue weighted by molar-refractivity contribution is 0.509. The van der Waals surface area contributed by atoms with Gasteiger partial charge >= 0.3 is 0 Å². The predicted molar refractivity (Wildman–Crippen MR) is 68.3 cm³/mol. The van der Waals surface area contributed by atoms with Gasteiger partial charge in [0.15, 0.2) is 17.5 Å². The first-order valence-corrected chi connectivity index (χ1v) is 6.27. The number of H-pyrrole nitrogens is 1. The molecular formula is C13H16F2N4. The molecule has 4 nitrogen and oxygen atoms in total. The normalized spacial score (nSPS) is 10.9. The highest BCUT2D eigenvalue weighted by molar-refractivity contribution is 5.54. The molecule has 1 aromatic carbocycles. The SMILES string of the molecule is NCCCCCc1nc(-c2ccc(F)c(F)c2)n[nH]1. The maximum absolute atomic E-state index is 13.1. The van der Waals surface area contributed by atoms with Gasteiger partial charge in [0.05, 0.1) is 0 Å². The molecule has 0 saturated heterocycles. The fraction of sp³-hybridized carbons (Fsp3) is 0.385. The molecule has 2 aromatic rings. The Balaban J connectivity index is 2.01. The van der Waals surface area contributed by atoms with E-state index in [1.54, 1.807) is 0 Å². The first kappa shape index (κ1) is 13.6. The molecule has 19 heavy (non-hydrogen) atoms. The molecule has 102 valence electrons. The molecule has 0 aliphatic rings. The molecule has 0 unspecified atom stereocenters. The number of unbranched alkanes of at least 4 members (excludes halogenated alkanes) is 2. The lowest BCUT2D eigenvalue weighted by atomic mass is 10.2. The van der Waals surface area contributed by atoms with Gasteiger partial charge in [-0.3, -0.25) is 5.10 Å². The summed E-state index contributed by atoms with van der Waals surface area (Å²) in [5.74, 6) is -0.641. The van der Waals surface area contributed by atoms with Gasteiger partial charge < -0.3 is 5.73 Å². The highest BCUT2D eigenvalue weighted by Gasteiger charge is 2.09. The predicted octanol–water partition coefficient (Wildman–Crippen LogP) is 2.42. The molecule has 2 rings (SSSR count). The van der Waals surface area contributed by atoms with E-state index < -0.39 is 11.6 Å². The van der Waals surface area contributed by atoms with E-state index in [1.807, 2.05) is 0 Å². The molecule has 0 fully saturated rings. The van der Waals surface area contributed by atoms with E-state index in [1.165, 1.54) is 6.07 Å². The Kier molecular flexibility index (Phi) is 4.57. The van der Waals surface area contributed by atoms with E-state index in [9.17, 15) is 8.78 Å². The Morgan fingerprint density at radius 3 is 2.68 bits per heavy atom. The number of halogens is 2. The summed E-state index contributed by atoms with van der Waals surface area (Å²) in [5.41, 5.74) is 5.87. The van der Waals surface area contributed by atoms with E-state index in [0.717, 1.165) is 43.6 Å². The second-order valence-corrected chi connectivity index (χ2v) is 4.33. The Bertz CT molecular complexity index is 539. The van der Waals surface area contributed by atoms with Crippen molar-refractivity contribution in [3.8, 4) is 11.4 Å². The molecule has 1 heterocycles. The zero-order valence-electron chi connectivity index (χ0n) is 10.5. The fourth-order valence-electron chi connectivity index (χ4n) is 1.78. The molecule has 0 radical (unpaired) electrons. The van der Waals surface area contributed by atoms with Crippen LogP contribution in [-0.4, -0.2) is 21.7 Å². The Morgan fingerprint density at radius 2 is 1.95 bits per heavy atom. The van der Waals surface area contributed by atoms with E-state index in [0.29, 0.717) is 17.9 Å². The average Bonchev–Trinajstić information content (AvgIpc) is 2.87. The van der Waals surface area contributed by atoms with E-state index in [4.69, 9.17) is 5.73 Å². The Labute approximate surface area is 110 Å². The molecule has 1 aromatic heterocycles. The summed E-state index contributed by atoms with van der Waals surface area (Å²) in [4.78, 5) is 4.26. The molecule has 0 saturated carbocycles. The second kappa shape index (κ2) is 6.38. The van der Waals surface area contributed by atoms with Crippen LogP contribution in [0.1, 0.15) is 25.1 Å². The number of hydrogen-bond acceptors (Lipinski definition) is 3. The number of nitrogens with one attached hydrogen (secondary N) is 1. The maximum atomic E-state index is 13.1. The number of benzene rings is 1. The molecule has 3 N–H and O–H groups in total. The summed E-state index contributed by atoms with van der Waals surface area (Å²) >= 11 is 0. The van der Waals surface area contributed by atoms with E-state index >= 15 is 0 Å². The Hall–Kier alpha value is -1.82. The zero-order chi connectivity index (χ0) is 13.7. The van der Waals surface area contributed by atoms with Gasteiger partial charge in [-0.15, -0.1) is 0 Å². The molecule has 0 aliphatic carbocycles. The first-order chi connectivity index (χ1) is 9.20. The minimum Gasteiger partial charge on any atom is -0.330 e. The third kappa shape index (κ3) is 3.57. The largest absolute Gasteiger partial charge is 0.330 e. The molecule has 0 bridgehead atoms. The van der Waals surface area contributed by atoms with Gasteiger partial charge in [0.25, 0.3) is 0 Å². The molecular weight excluding hydrogens is 250 g/mol. The van der Waals surface area contributed by atoms with Gasteiger partial charge in [-0.25, -0.2) is 13.8 Å². The third-order valence-electron chi connectivity index (χ3n) is 2.83. The van der Waals surface area contributed by atoms with Crippen molar-refractivity contribution in [3.05, 3.63) is 35.7 Å². The van der Waals surface area contributed by atoms with Crippen LogP contribution in [0.5, 0.6) is 0 Å². The minimum absolute atomic E-state index is 0.382. The number of rotatable bonds is 6. The molecule has 0 aliphatic heterocycles. The molecule has 0 amide bonds. The van der Waals surface area contributed by atoms with Gasteiger partial charge in [0, 0.05) is 12.0 Å². The van der Waals surface area contributed by atoms with Crippen molar-refractivity contribution in [2.45, 2.75) is 25.7 Å². The summed E-state index contributed by atoms with van der Waals surface area (Å²) in [6, 6.07) is 3.62. The smallest absolute Gasteiger partial charge is 0.181 e. The van der Waals surface area contributed by atoms with E-state index in [2.05, 4.69) is 15.2 Å². The molecule has 6 heteroatoms. The number of nitrogens with zero attached hydrogens (tertiary/aromatic N) is 2. The minimum atomic E-state index is -0.896. The summed E-state index contributed by atoms with van der Waals surface area (Å²) in [7, 11) is 0. The summed E-state index contributed by atoms with van der Waals surface area (Å²) < 4.78 is 25.9. The van der Waals surface area contributed by atoms with Crippen LogP contribution in [0.2, 0.25) is 0 Å². The lowest BCUT2D eigenvalue weighted by Crippen LogP contribution is -1.98. The van der Waals surface area contributed by atoms with Crippen LogP contribution in [0.3, 0.4) is 0 Å². The van der Waals surface area contributed by atoms with Crippen molar-refractivity contribution < 1.29 is 8.78 Å². The van der Waals surface area contributed by atoms with Gasteiger partial charge in [-0.1, -0.05) is 6.42 Å². The van der Waals surface area contributed by atoms with Crippen molar-refractivity contribution in [2.24, 2.45) is 5.73 Å². The van der Waals surface area contributed by atoms with Crippen molar-refractivity contribution in [1.82, 2.24) is 15.2 Å². The summed E-state index contributed by atoms with van der Waals surface area (Å²) in [6.07, 6.45) is 3.78. The number of hydrogen-bond donors (Lipinski definition) is 2. The number of aromatic nitrogens is 3. The number of nitrogens with two attached hydrogens (primary N) is 1. The van der Waals surface area contributed by atoms with Crippen LogP contribution in [0.4, 0.5) is 8.78 Å². The number of aromatic amines is 1. The number of aryl methyl sites for hydroxylation is 1. The summed E-state index contributed by atoms with van der Waals surface area (Å²) in [6.45, 7) is 0.691. The van der Waals surface area contributed by atoms with Gasteiger partial charge in [0.1, 0.15) is 5.82 Å². The zero-order valence-corrected chi connectivity index (χ0v) is 10.5. The molecule has 0 atom stereocenters. The highest BCUT2D eigenvalue weighted by Crippen LogP contribution is 2.18. The van der Waals surface area contributed by atoms with Crippen LogP contribution in [0.25, 0.3) is 11.4 Å². The fourth-order valence-corrected chi connectivity index (χ4v) is 1.78. The topological polar surface area (TPSA) is 67.6 Å². The standard InChI is InChI=1S/C13H16F2N4/c14-10-6-5-9(8-11(10)15)13-17-12(18-19-13)4-2-1-3-7-16/h5-6,8H,1-4,7,16H2,(H,17,18,19). The molecule has 0 spiro atoms. The van der Waals surface area contributed by atoms with Crippen molar-refractivity contribution in [2.75, 3.05) is 6.54 Å². The van der Waals surface area contributed by atoms with Gasteiger partial charge in [-0.2, -0.15) is 5.10 Å². The maximum Gasteiger partial charge on any atom is 0.181 e. The average molecular weight is 266 g/mol. The van der Waals surface area contributed by atoms with Gasteiger partial charge in [0.2, 0.25) is 0 Å². The Morgan fingerprint density at radius 1 is 1.11 bits per heavy atom. The van der Waals surface area contributed by atoms with Crippen molar-refractivity contribution in [3.63, 3.8) is 0 Å². The van der Waals surface area contributed by atoms with Crippen LogP contribution >= 0.6 is 0 Å². The van der Waals surface area contributed by atoms with Crippen LogP contribution < -0.4 is 5.73 Å². The van der Waals surface area contributed by atoms with Crippen LogP contribution in [-0.2, 0) is 6.42 Å². The third-order valence-corrected chi connectivity index (χ3v) is 2.83. The second-order valence-electron chi connectivity index (χ2n) is 4.33. The van der Waals surface area contributed by atoms with Crippen molar-refractivity contribution in [1.29, 1.82) is 0 Å². The lowest BCUT2D eigenvalue weighted by Gasteiger charge is -1.97. The van der Waals surface area contributed by atoms with Crippen LogP contribution in [0, 0.1) is 11.6 Å². The van der Waals surface area contributed by atoms with Crippen LogP contribution in [0.15, 0.2) is 18.2 Å². The quantitative estimate of drug-likeness (QED) is 0.789. The monoisotopic (exact) mass is 266 g/mol.